The second-order valence-corrected chi connectivity index (χ2v) is 5.99. The van der Waals surface area contributed by atoms with E-state index in [0.717, 1.165) is 37.9 Å². The van der Waals surface area contributed by atoms with Gasteiger partial charge in [-0.05, 0) is 37.8 Å². The average Bonchev–Trinajstić information content (AvgIpc) is 3.08. The first-order valence-corrected chi connectivity index (χ1v) is 8.29. The Morgan fingerprint density at radius 3 is 3.00 bits per heavy atom. The molecule has 1 aromatic rings. The third kappa shape index (κ3) is 4.51. The van der Waals surface area contributed by atoms with Gasteiger partial charge < -0.3 is 4.90 Å². The highest BCUT2D eigenvalue weighted by molar-refractivity contribution is 5.79. The number of likely N-dealkylation sites (tertiary alicyclic amines) is 1. The van der Waals surface area contributed by atoms with Gasteiger partial charge in [0.2, 0.25) is 12.3 Å². The molecule has 1 aliphatic heterocycles. The molecule has 0 radical (unpaired) electrons. The van der Waals surface area contributed by atoms with Crippen LogP contribution in [0.2, 0.25) is 0 Å². The molecule has 2 atom stereocenters. The van der Waals surface area contributed by atoms with Crippen LogP contribution in [0.25, 0.3) is 0 Å². The second-order valence-electron chi connectivity index (χ2n) is 5.99. The van der Waals surface area contributed by atoms with Gasteiger partial charge in [0.15, 0.2) is 0 Å². The molecule has 1 N–H and O–H groups in total. The van der Waals surface area contributed by atoms with Gasteiger partial charge in [0.05, 0.1) is 11.7 Å². The number of hydroxylamine groups is 2. The molecular weight excluding hydrogens is 294 g/mol. The van der Waals surface area contributed by atoms with Crippen LogP contribution in [0.15, 0.2) is 24.4 Å². The summed E-state index contributed by atoms with van der Waals surface area (Å²) in [5.41, 5.74) is 0.935. The van der Waals surface area contributed by atoms with Crippen molar-refractivity contribution in [2.75, 3.05) is 13.1 Å². The van der Waals surface area contributed by atoms with Crippen molar-refractivity contribution in [3.05, 3.63) is 30.1 Å². The summed E-state index contributed by atoms with van der Waals surface area (Å²) >= 11 is 0. The van der Waals surface area contributed by atoms with Crippen LogP contribution in [0.1, 0.15) is 50.8 Å². The number of hydrogen-bond acceptors (Lipinski definition) is 4. The lowest BCUT2D eigenvalue weighted by Crippen LogP contribution is -2.37. The molecule has 126 valence electrons. The molecule has 0 spiro atoms. The zero-order valence-corrected chi connectivity index (χ0v) is 13.6. The van der Waals surface area contributed by atoms with Crippen LogP contribution >= 0.6 is 0 Å². The van der Waals surface area contributed by atoms with Gasteiger partial charge in [0.25, 0.3) is 0 Å². The maximum Gasteiger partial charge on any atom is 0.233 e. The molecular formula is C17H25N3O3. The lowest BCUT2D eigenvalue weighted by atomic mass is 9.97. The van der Waals surface area contributed by atoms with Crippen LogP contribution in [-0.4, -0.2) is 45.6 Å². The normalized spacial score (nSPS) is 18.7. The molecule has 1 aliphatic rings. The molecule has 0 unspecified atom stereocenters. The molecule has 2 amide bonds. The van der Waals surface area contributed by atoms with Crippen molar-refractivity contribution in [1.82, 2.24) is 14.9 Å². The molecule has 2 heterocycles. The zero-order chi connectivity index (χ0) is 16.7. The topological polar surface area (TPSA) is 73.7 Å². The van der Waals surface area contributed by atoms with Crippen molar-refractivity contribution in [2.24, 2.45) is 5.92 Å². The van der Waals surface area contributed by atoms with Crippen LogP contribution in [-0.2, 0) is 9.59 Å². The summed E-state index contributed by atoms with van der Waals surface area (Å²) in [6.45, 7) is 2.97. The number of carbonyl (C=O) groups excluding carboxylic acids is 2. The van der Waals surface area contributed by atoms with Gasteiger partial charge >= 0.3 is 0 Å². The smallest absolute Gasteiger partial charge is 0.233 e. The van der Waals surface area contributed by atoms with E-state index in [4.69, 9.17) is 0 Å². The lowest BCUT2D eigenvalue weighted by molar-refractivity contribution is -0.152. The number of aromatic nitrogens is 1. The number of amides is 2. The van der Waals surface area contributed by atoms with Gasteiger partial charge in [0.1, 0.15) is 0 Å². The summed E-state index contributed by atoms with van der Waals surface area (Å²) < 4.78 is 0. The fourth-order valence-electron chi connectivity index (χ4n) is 3.23. The highest BCUT2D eigenvalue weighted by Crippen LogP contribution is 2.33. The van der Waals surface area contributed by atoms with Gasteiger partial charge in [-0.15, -0.1) is 0 Å². The van der Waals surface area contributed by atoms with Crippen molar-refractivity contribution >= 4 is 12.3 Å². The summed E-state index contributed by atoms with van der Waals surface area (Å²) in [5.74, 6) is -0.0572. The van der Waals surface area contributed by atoms with Crippen molar-refractivity contribution in [2.45, 2.75) is 45.1 Å². The molecule has 1 fully saturated rings. The molecule has 1 saturated heterocycles. The number of rotatable bonds is 8. The molecule has 0 bridgehead atoms. The Labute approximate surface area is 137 Å². The summed E-state index contributed by atoms with van der Waals surface area (Å²) in [4.78, 5) is 29.8. The van der Waals surface area contributed by atoms with Gasteiger partial charge in [-0.25, -0.2) is 5.06 Å². The SMILES string of the molecule is CCC[C@@H](CCN(O)C=O)C(=O)N1CCC[C@@H]1c1ccccn1. The number of nitrogens with zero attached hydrogens (tertiary/aromatic N) is 3. The highest BCUT2D eigenvalue weighted by Gasteiger charge is 2.34. The largest absolute Gasteiger partial charge is 0.334 e. The minimum atomic E-state index is -0.168. The van der Waals surface area contributed by atoms with Crippen molar-refractivity contribution in [3.63, 3.8) is 0 Å². The predicted octanol–water partition coefficient (Wildman–Crippen LogP) is 2.40. The molecule has 0 aliphatic carbocycles. The minimum absolute atomic E-state index is 0.0411. The zero-order valence-electron chi connectivity index (χ0n) is 13.6. The first-order valence-electron chi connectivity index (χ1n) is 8.29. The van der Waals surface area contributed by atoms with E-state index in [-0.39, 0.29) is 24.4 Å². The number of carbonyl (C=O) groups is 2. The van der Waals surface area contributed by atoms with Gasteiger partial charge in [-0.1, -0.05) is 19.4 Å². The van der Waals surface area contributed by atoms with Crippen LogP contribution in [0.5, 0.6) is 0 Å². The number of hydrogen-bond donors (Lipinski definition) is 1. The first-order chi connectivity index (χ1) is 11.2. The monoisotopic (exact) mass is 319 g/mol. The molecule has 1 aromatic heterocycles. The Balaban J connectivity index is 2.06. The van der Waals surface area contributed by atoms with E-state index in [1.54, 1.807) is 6.20 Å². The molecule has 2 rings (SSSR count). The summed E-state index contributed by atoms with van der Waals surface area (Å²) in [7, 11) is 0. The maximum atomic E-state index is 12.9. The van der Waals surface area contributed by atoms with Crippen molar-refractivity contribution in [1.29, 1.82) is 0 Å². The van der Waals surface area contributed by atoms with E-state index in [1.807, 2.05) is 30.0 Å². The first kappa shape index (κ1) is 17.4. The van der Waals surface area contributed by atoms with E-state index in [0.29, 0.717) is 17.9 Å². The summed E-state index contributed by atoms with van der Waals surface area (Å²) in [6.07, 6.45) is 6.18. The molecule has 0 saturated carbocycles. The maximum absolute atomic E-state index is 12.9. The molecule has 6 heteroatoms. The van der Waals surface area contributed by atoms with E-state index in [2.05, 4.69) is 4.98 Å². The van der Waals surface area contributed by atoms with Crippen LogP contribution < -0.4 is 0 Å². The fraction of sp³-hybridized carbons (Fsp3) is 0.588. The minimum Gasteiger partial charge on any atom is -0.334 e. The van der Waals surface area contributed by atoms with E-state index < -0.39 is 0 Å². The van der Waals surface area contributed by atoms with E-state index in [9.17, 15) is 14.8 Å². The van der Waals surface area contributed by atoms with Crippen LogP contribution in [0.3, 0.4) is 0 Å². The summed E-state index contributed by atoms with van der Waals surface area (Å²) in [6, 6.07) is 5.83. The molecule has 6 nitrogen and oxygen atoms in total. The van der Waals surface area contributed by atoms with E-state index in [1.165, 1.54) is 0 Å². The van der Waals surface area contributed by atoms with Gasteiger partial charge in [0, 0.05) is 25.2 Å². The van der Waals surface area contributed by atoms with Crippen LogP contribution in [0.4, 0.5) is 0 Å². The average molecular weight is 319 g/mol. The van der Waals surface area contributed by atoms with Crippen LogP contribution in [0, 0.1) is 5.92 Å². The Kier molecular flexibility index (Phi) is 6.52. The van der Waals surface area contributed by atoms with Gasteiger partial charge in [-0.2, -0.15) is 0 Å². The highest BCUT2D eigenvalue weighted by atomic mass is 16.5. The van der Waals surface area contributed by atoms with Crippen molar-refractivity contribution < 1.29 is 14.8 Å². The Bertz CT molecular complexity index is 509. The Morgan fingerprint density at radius 1 is 1.52 bits per heavy atom. The lowest BCUT2D eigenvalue weighted by Gasteiger charge is -2.29. The predicted molar refractivity (Wildman–Crippen MR) is 85.5 cm³/mol. The Morgan fingerprint density at radius 2 is 2.35 bits per heavy atom. The van der Waals surface area contributed by atoms with E-state index >= 15 is 0 Å². The third-order valence-electron chi connectivity index (χ3n) is 4.38. The molecule has 0 aromatic carbocycles. The van der Waals surface area contributed by atoms with Gasteiger partial charge in [-0.3, -0.25) is 19.8 Å². The van der Waals surface area contributed by atoms with Crippen molar-refractivity contribution in [3.8, 4) is 0 Å². The Hall–Kier alpha value is -1.95. The number of pyridine rings is 1. The fourth-order valence-corrected chi connectivity index (χ4v) is 3.23. The summed E-state index contributed by atoms with van der Waals surface area (Å²) in [5, 5.41) is 9.89. The third-order valence-corrected chi connectivity index (χ3v) is 4.38. The second kappa shape index (κ2) is 8.62. The quantitative estimate of drug-likeness (QED) is 0.453. The molecule has 23 heavy (non-hydrogen) atoms. The standard InChI is InChI=1S/C17H25N3O3/c1-2-6-14(9-12-19(23)13-21)17(22)20-11-5-8-16(20)15-7-3-4-10-18-15/h3-4,7,10,13-14,16,23H,2,5-6,8-9,11-12H2,1H3/t14-,16+/m0/s1.